The van der Waals surface area contributed by atoms with E-state index in [1.54, 1.807) is 18.1 Å². The molecule has 0 saturated carbocycles. The van der Waals surface area contributed by atoms with E-state index >= 15 is 0 Å². The zero-order chi connectivity index (χ0) is 23.8. The second-order valence-corrected chi connectivity index (χ2v) is 8.99. The van der Waals surface area contributed by atoms with Gasteiger partial charge in [-0.2, -0.15) is 5.10 Å². The van der Waals surface area contributed by atoms with Gasteiger partial charge in [-0.05, 0) is 62.1 Å². The van der Waals surface area contributed by atoms with Gasteiger partial charge in [-0.1, -0.05) is 18.2 Å². The van der Waals surface area contributed by atoms with Gasteiger partial charge in [-0.3, -0.25) is 19.4 Å². The third kappa shape index (κ3) is 6.41. The largest absolute Gasteiger partial charge is 0.497 e. The molecule has 0 N–H and O–H groups in total. The molecular weight excluding hydrogens is 428 g/mol. The van der Waals surface area contributed by atoms with E-state index in [2.05, 4.69) is 51.3 Å². The Balaban J connectivity index is 1.40. The minimum atomic E-state index is 0.195. The number of aryl methyl sites for hydroxylation is 1. The Labute approximate surface area is 201 Å². The lowest BCUT2D eigenvalue weighted by Gasteiger charge is -2.40. The van der Waals surface area contributed by atoms with E-state index in [1.165, 1.54) is 11.9 Å². The van der Waals surface area contributed by atoms with E-state index in [1.807, 2.05) is 29.3 Å². The molecule has 1 aliphatic rings. The summed E-state index contributed by atoms with van der Waals surface area (Å²) in [5.74, 6) is 1.58. The van der Waals surface area contributed by atoms with Crippen molar-refractivity contribution in [3.63, 3.8) is 0 Å². The first-order valence-electron chi connectivity index (χ1n) is 12.0. The lowest BCUT2D eigenvalue weighted by atomic mass is 9.84. The number of likely N-dealkylation sites (tertiary alicyclic amines) is 1. The highest BCUT2D eigenvalue weighted by Gasteiger charge is 2.31. The molecule has 180 valence electrons. The number of carbonyl (C=O) groups excluding carboxylic acids is 1. The van der Waals surface area contributed by atoms with Crippen molar-refractivity contribution in [1.82, 2.24) is 29.5 Å². The van der Waals surface area contributed by atoms with Gasteiger partial charge in [0, 0.05) is 38.3 Å². The van der Waals surface area contributed by atoms with Crippen molar-refractivity contribution >= 4 is 5.91 Å². The van der Waals surface area contributed by atoms with Crippen molar-refractivity contribution in [3.05, 3.63) is 72.6 Å². The van der Waals surface area contributed by atoms with Gasteiger partial charge in [0.1, 0.15) is 18.4 Å². The molecule has 3 heterocycles. The van der Waals surface area contributed by atoms with E-state index in [-0.39, 0.29) is 5.91 Å². The van der Waals surface area contributed by atoms with Crippen molar-refractivity contribution in [2.75, 3.05) is 27.2 Å². The van der Waals surface area contributed by atoms with Gasteiger partial charge >= 0.3 is 0 Å². The van der Waals surface area contributed by atoms with Crippen LogP contribution in [0.4, 0.5) is 0 Å². The lowest BCUT2D eigenvalue weighted by Crippen LogP contribution is -2.46. The maximum atomic E-state index is 12.7. The van der Waals surface area contributed by atoms with Crippen LogP contribution in [0.5, 0.6) is 5.75 Å². The van der Waals surface area contributed by atoms with Crippen LogP contribution >= 0.6 is 0 Å². The molecule has 1 aromatic carbocycles. The molecular formula is C26H34N6O2. The quantitative estimate of drug-likeness (QED) is 0.461. The summed E-state index contributed by atoms with van der Waals surface area (Å²) in [7, 11) is 3.90. The number of piperidine rings is 1. The van der Waals surface area contributed by atoms with Crippen molar-refractivity contribution in [2.45, 2.75) is 44.8 Å². The Morgan fingerprint density at radius 2 is 2.06 bits per heavy atom. The van der Waals surface area contributed by atoms with E-state index in [4.69, 9.17) is 4.74 Å². The maximum absolute atomic E-state index is 12.7. The summed E-state index contributed by atoms with van der Waals surface area (Å²) in [5, 5.41) is 4.09. The van der Waals surface area contributed by atoms with E-state index < -0.39 is 0 Å². The molecule has 1 unspecified atom stereocenters. The van der Waals surface area contributed by atoms with Gasteiger partial charge in [-0.15, -0.1) is 0 Å². The minimum Gasteiger partial charge on any atom is -0.497 e. The SMILES string of the molecule is COc1cccc(CC(C2CCN(C(=O)CCn3cncn3)CC2)N(C)Cc2ccccn2)c1. The zero-order valence-electron chi connectivity index (χ0n) is 20.1. The van der Waals surface area contributed by atoms with E-state index in [0.717, 1.165) is 50.3 Å². The van der Waals surface area contributed by atoms with Gasteiger partial charge in [-0.25, -0.2) is 4.98 Å². The molecule has 1 amide bonds. The Morgan fingerprint density at radius 1 is 1.21 bits per heavy atom. The Bertz CT molecular complexity index is 1020. The van der Waals surface area contributed by atoms with Crippen LogP contribution in [0.3, 0.4) is 0 Å². The number of aromatic nitrogens is 4. The number of nitrogens with zero attached hydrogens (tertiary/aromatic N) is 6. The van der Waals surface area contributed by atoms with Crippen molar-refractivity contribution in [1.29, 1.82) is 0 Å². The molecule has 0 bridgehead atoms. The molecule has 0 radical (unpaired) electrons. The smallest absolute Gasteiger partial charge is 0.224 e. The van der Waals surface area contributed by atoms with Gasteiger partial charge in [0.2, 0.25) is 5.91 Å². The van der Waals surface area contributed by atoms with Crippen LogP contribution in [-0.2, 0) is 24.3 Å². The number of hydrogen-bond donors (Lipinski definition) is 0. The summed E-state index contributed by atoms with van der Waals surface area (Å²) in [4.78, 5) is 25.6. The van der Waals surface area contributed by atoms with Crippen LogP contribution in [0.1, 0.15) is 30.5 Å². The monoisotopic (exact) mass is 462 g/mol. The van der Waals surface area contributed by atoms with Gasteiger partial charge in [0.25, 0.3) is 0 Å². The number of pyridine rings is 1. The van der Waals surface area contributed by atoms with Crippen molar-refractivity contribution < 1.29 is 9.53 Å². The first kappa shape index (κ1) is 23.9. The lowest BCUT2D eigenvalue weighted by molar-refractivity contribution is -0.133. The predicted octanol–water partition coefficient (Wildman–Crippen LogP) is 3.05. The standard InChI is InChI=1S/C26H34N6O2/c1-30(18-23-7-3-4-12-28-23)25(17-21-6-5-8-24(16-21)34-2)22-9-13-31(14-10-22)26(33)11-15-32-20-27-19-29-32/h3-8,12,16,19-20,22,25H,9-11,13-15,17-18H2,1-2H3. The summed E-state index contributed by atoms with van der Waals surface area (Å²) in [6.07, 6.45) is 8.39. The van der Waals surface area contributed by atoms with Crippen LogP contribution in [0.15, 0.2) is 61.3 Å². The fourth-order valence-corrected chi connectivity index (χ4v) is 4.84. The van der Waals surface area contributed by atoms with Gasteiger partial charge < -0.3 is 9.64 Å². The number of carbonyl (C=O) groups is 1. The Hall–Kier alpha value is -3.26. The number of amides is 1. The summed E-state index contributed by atoms with van der Waals surface area (Å²) in [5.41, 5.74) is 2.34. The summed E-state index contributed by atoms with van der Waals surface area (Å²) in [6.45, 7) is 2.97. The fourth-order valence-electron chi connectivity index (χ4n) is 4.84. The third-order valence-corrected chi connectivity index (χ3v) is 6.74. The number of methoxy groups -OCH3 is 1. The number of hydrogen-bond acceptors (Lipinski definition) is 6. The maximum Gasteiger partial charge on any atom is 0.224 e. The molecule has 8 nitrogen and oxygen atoms in total. The van der Waals surface area contributed by atoms with Crippen LogP contribution in [0.2, 0.25) is 0 Å². The average Bonchev–Trinajstić information content (AvgIpc) is 3.40. The molecule has 3 aromatic rings. The summed E-state index contributed by atoms with van der Waals surface area (Å²) < 4.78 is 7.16. The molecule has 0 spiro atoms. The molecule has 1 atom stereocenters. The molecule has 34 heavy (non-hydrogen) atoms. The van der Waals surface area contributed by atoms with E-state index in [0.29, 0.717) is 24.9 Å². The second-order valence-electron chi connectivity index (χ2n) is 8.99. The van der Waals surface area contributed by atoms with Crippen molar-refractivity contribution in [2.24, 2.45) is 5.92 Å². The molecule has 1 fully saturated rings. The van der Waals surface area contributed by atoms with Crippen molar-refractivity contribution in [3.8, 4) is 5.75 Å². The molecule has 2 aromatic heterocycles. The number of rotatable bonds is 10. The van der Waals surface area contributed by atoms with Crippen LogP contribution in [-0.4, -0.2) is 68.7 Å². The first-order valence-corrected chi connectivity index (χ1v) is 12.0. The first-order chi connectivity index (χ1) is 16.6. The van der Waals surface area contributed by atoms with Crippen LogP contribution in [0, 0.1) is 5.92 Å². The predicted molar refractivity (Wildman–Crippen MR) is 130 cm³/mol. The van der Waals surface area contributed by atoms with Gasteiger partial charge in [0.05, 0.1) is 19.3 Å². The van der Waals surface area contributed by atoms with Gasteiger partial charge in [0.15, 0.2) is 0 Å². The number of likely N-dealkylation sites (N-methyl/N-ethyl adjacent to an activating group) is 1. The third-order valence-electron chi connectivity index (χ3n) is 6.74. The Morgan fingerprint density at radius 3 is 2.76 bits per heavy atom. The highest BCUT2D eigenvalue weighted by atomic mass is 16.5. The summed E-state index contributed by atoms with van der Waals surface area (Å²) in [6, 6.07) is 14.8. The summed E-state index contributed by atoms with van der Waals surface area (Å²) >= 11 is 0. The number of ether oxygens (including phenoxy) is 1. The average molecular weight is 463 g/mol. The van der Waals surface area contributed by atoms with Crippen LogP contribution < -0.4 is 4.74 Å². The topological polar surface area (TPSA) is 76.4 Å². The number of benzene rings is 1. The minimum absolute atomic E-state index is 0.195. The fraction of sp³-hybridized carbons (Fsp3) is 0.462. The molecule has 8 heteroatoms. The zero-order valence-corrected chi connectivity index (χ0v) is 20.1. The second kappa shape index (κ2) is 11.7. The molecule has 0 aliphatic carbocycles. The highest BCUT2D eigenvalue weighted by Crippen LogP contribution is 2.28. The van der Waals surface area contributed by atoms with Crippen LogP contribution in [0.25, 0.3) is 0 Å². The molecule has 1 saturated heterocycles. The van der Waals surface area contributed by atoms with E-state index in [9.17, 15) is 4.79 Å². The highest BCUT2D eigenvalue weighted by molar-refractivity contribution is 5.76. The normalized spacial score (nSPS) is 15.4. The Kier molecular flexibility index (Phi) is 8.25. The molecule has 4 rings (SSSR count). The molecule has 1 aliphatic heterocycles.